The van der Waals surface area contributed by atoms with E-state index in [0.29, 0.717) is 11.8 Å². The van der Waals surface area contributed by atoms with E-state index in [1.807, 2.05) is 0 Å². The van der Waals surface area contributed by atoms with Gasteiger partial charge in [0.1, 0.15) is 6.61 Å². The number of hydrogen-bond acceptors (Lipinski definition) is 5. The van der Waals surface area contributed by atoms with Crippen molar-refractivity contribution in [1.82, 2.24) is 0 Å². The zero-order valence-electron chi connectivity index (χ0n) is 16.9. The zero-order valence-corrected chi connectivity index (χ0v) is 16.9. The zero-order chi connectivity index (χ0) is 19.7. The molecule has 0 aromatic heterocycles. The van der Waals surface area contributed by atoms with Crippen LogP contribution in [0.2, 0.25) is 0 Å². The number of ether oxygens (including phenoxy) is 2. The smallest absolute Gasteiger partial charge is 0.334 e. The van der Waals surface area contributed by atoms with E-state index in [1.54, 1.807) is 0 Å². The molecule has 5 nitrogen and oxygen atoms in total. The van der Waals surface area contributed by atoms with Gasteiger partial charge in [0.05, 0.1) is 12.7 Å². The van der Waals surface area contributed by atoms with Gasteiger partial charge in [-0.15, -0.1) is 0 Å². The second-order valence-corrected chi connectivity index (χ2v) is 8.75. The van der Waals surface area contributed by atoms with Gasteiger partial charge in [-0.3, -0.25) is 4.79 Å². The minimum absolute atomic E-state index is 0.0264. The van der Waals surface area contributed by atoms with Gasteiger partial charge in [-0.2, -0.15) is 0 Å². The molecule has 0 aromatic rings. The molecule has 150 valence electrons. The summed E-state index contributed by atoms with van der Waals surface area (Å²) in [5.74, 6) is 0.399. The standard InChI is InChI=1S/C22H32O5/c1-12(2)6-5-7-15(10-26-14(4)23)20-18-11-27-22(25)21(18)17-9-16(17)13(3)8-19(20)24/h6,13,15-17,19-20,24H,5,7-11H2,1-4H3/t13-,15?,16+,17+,19-,20?/m0/s1. The Morgan fingerprint density at radius 2 is 2.07 bits per heavy atom. The van der Waals surface area contributed by atoms with Gasteiger partial charge in [-0.25, -0.2) is 4.79 Å². The summed E-state index contributed by atoms with van der Waals surface area (Å²) < 4.78 is 10.8. The molecule has 3 rings (SSSR count). The molecule has 5 heteroatoms. The number of rotatable bonds is 6. The number of allylic oxidation sites excluding steroid dienone is 2. The maximum Gasteiger partial charge on any atom is 0.334 e. The number of aliphatic hydroxyl groups excluding tert-OH is 1. The van der Waals surface area contributed by atoms with Crippen LogP contribution in [0.1, 0.15) is 53.4 Å². The number of hydrogen-bond donors (Lipinski definition) is 1. The summed E-state index contributed by atoms with van der Waals surface area (Å²) in [6.45, 7) is 8.23. The van der Waals surface area contributed by atoms with Crippen molar-refractivity contribution in [3.05, 3.63) is 22.8 Å². The van der Waals surface area contributed by atoms with E-state index in [2.05, 4.69) is 26.8 Å². The Hall–Kier alpha value is -1.62. The number of aliphatic hydroxyl groups is 1. The van der Waals surface area contributed by atoms with E-state index >= 15 is 0 Å². The first-order valence-corrected chi connectivity index (χ1v) is 10.1. The van der Waals surface area contributed by atoms with E-state index in [9.17, 15) is 14.7 Å². The molecule has 1 heterocycles. The van der Waals surface area contributed by atoms with Gasteiger partial charge in [0.25, 0.3) is 0 Å². The molecule has 0 spiro atoms. The minimum atomic E-state index is -0.548. The van der Waals surface area contributed by atoms with Crippen molar-refractivity contribution in [2.24, 2.45) is 29.6 Å². The van der Waals surface area contributed by atoms with Gasteiger partial charge >= 0.3 is 11.9 Å². The molecule has 0 radical (unpaired) electrons. The Balaban J connectivity index is 1.91. The Kier molecular flexibility index (Phi) is 6.09. The van der Waals surface area contributed by atoms with E-state index in [-0.39, 0.29) is 42.9 Å². The topological polar surface area (TPSA) is 72.8 Å². The first kappa shape index (κ1) is 20.1. The predicted octanol–water partition coefficient (Wildman–Crippen LogP) is 3.42. The van der Waals surface area contributed by atoms with E-state index in [0.717, 1.165) is 36.8 Å². The highest BCUT2D eigenvalue weighted by Gasteiger charge is 2.53. The molecule has 1 aliphatic heterocycles. The van der Waals surface area contributed by atoms with Crippen LogP contribution in [0.5, 0.6) is 0 Å². The molecule has 0 saturated heterocycles. The fourth-order valence-corrected chi connectivity index (χ4v) is 4.98. The molecule has 1 fully saturated rings. The van der Waals surface area contributed by atoms with Crippen molar-refractivity contribution >= 4 is 11.9 Å². The fraction of sp³-hybridized carbons (Fsp3) is 0.727. The van der Waals surface area contributed by atoms with Crippen LogP contribution in [-0.4, -0.2) is 36.4 Å². The molecule has 6 atom stereocenters. The van der Waals surface area contributed by atoms with Gasteiger partial charge in [0.2, 0.25) is 0 Å². The summed E-state index contributed by atoms with van der Waals surface area (Å²) in [6.07, 6.45) is 5.01. The van der Waals surface area contributed by atoms with Crippen LogP contribution >= 0.6 is 0 Å². The predicted molar refractivity (Wildman–Crippen MR) is 102 cm³/mol. The quantitative estimate of drug-likeness (QED) is 0.568. The van der Waals surface area contributed by atoms with E-state index in [1.165, 1.54) is 12.5 Å². The van der Waals surface area contributed by atoms with Crippen LogP contribution in [0.15, 0.2) is 22.8 Å². The van der Waals surface area contributed by atoms with Crippen LogP contribution in [0.4, 0.5) is 0 Å². The average molecular weight is 376 g/mol. The van der Waals surface area contributed by atoms with Crippen LogP contribution < -0.4 is 0 Å². The minimum Gasteiger partial charge on any atom is -0.466 e. The van der Waals surface area contributed by atoms with Crippen molar-refractivity contribution in [1.29, 1.82) is 0 Å². The summed E-state index contributed by atoms with van der Waals surface area (Å²) in [5, 5.41) is 11.1. The molecule has 27 heavy (non-hydrogen) atoms. The first-order chi connectivity index (χ1) is 12.8. The normalized spacial score (nSPS) is 33.2. The second kappa shape index (κ2) is 8.17. The largest absolute Gasteiger partial charge is 0.466 e. The Labute approximate surface area is 161 Å². The van der Waals surface area contributed by atoms with E-state index < -0.39 is 6.10 Å². The number of esters is 2. The third kappa shape index (κ3) is 4.45. The lowest BCUT2D eigenvalue weighted by molar-refractivity contribution is -0.143. The number of carbonyl (C=O) groups excluding carboxylic acids is 2. The lowest BCUT2D eigenvalue weighted by Crippen LogP contribution is -2.36. The van der Waals surface area contributed by atoms with Gasteiger partial charge in [0.15, 0.2) is 0 Å². The molecule has 0 bridgehead atoms. The summed E-state index contributed by atoms with van der Waals surface area (Å²) >= 11 is 0. The molecule has 2 aliphatic carbocycles. The summed E-state index contributed by atoms with van der Waals surface area (Å²) in [7, 11) is 0. The van der Waals surface area contributed by atoms with Crippen molar-refractivity contribution in [3.8, 4) is 0 Å². The molecule has 3 aliphatic rings. The maximum absolute atomic E-state index is 12.4. The number of fused-ring (bicyclic) bond motifs is 2. The van der Waals surface area contributed by atoms with Crippen molar-refractivity contribution in [2.75, 3.05) is 13.2 Å². The molecule has 1 saturated carbocycles. The van der Waals surface area contributed by atoms with Gasteiger partial charge in [-0.05, 0) is 62.9 Å². The average Bonchev–Trinajstić information content (AvgIpc) is 3.27. The third-order valence-corrected chi connectivity index (χ3v) is 6.39. The molecule has 1 N–H and O–H groups in total. The molecule has 2 unspecified atom stereocenters. The lowest BCUT2D eigenvalue weighted by atomic mass is 9.73. The second-order valence-electron chi connectivity index (χ2n) is 8.75. The van der Waals surface area contributed by atoms with Crippen molar-refractivity contribution in [3.63, 3.8) is 0 Å². The summed E-state index contributed by atoms with van der Waals surface area (Å²) in [6, 6.07) is 0. The molecule has 0 amide bonds. The van der Waals surface area contributed by atoms with Crippen LogP contribution in [0.25, 0.3) is 0 Å². The highest BCUT2D eigenvalue weighted by molar-refractivity contribution is 5.93. The monoisotopic (exact) mass is 376 g/mol. The van der Waals surface area contributed by atoms with Gasteiger partial charge in [-0.1, -0.05) is 18.6 Å². The fourth-order valence-electron chi connectivity index (χ4n) is 4.98. The molecule has 0 aromatic carbocycles. The third-order valence-electron chi connectivity index (χ3n) is 6.39. The van der Waals surface area contributed by atoms with Crippen molar-refractivity contribution < 1.29 is 24.2 Å². The Bertz CT molecular complexity index is 658. The van der Waals surface area contributed by atoms with E-state index in [4.69, 9.17) is 9.47 Å². The Morgan fingerprint density at radius 1 is 1.33 bits per heavy atom. The highest BCUT2D eigenvalue weighted by atomic mass is 16.5. The van der Waals surface area contributed by atoms with Crippen LogP contribution in [0.3, 0.4) is 0 Å². The maximum atomic E-state index is 12.4. The summed E-state index contributed by atoms with van der Waals surface area (Å²) in [4.78, 5) is 23.8. The molecular formula is C22H32O5. The number of carbonyl (C=O) groups is 2. The summed E-state index contributed by atoms with van der Waals surface area (Å²) in [5.41, 5.74) is 3.01. The molecular weight excluding hydrogens is 344 g/mol. The number of cyclic esters (lactones) is 1. The first-order valence-electron chi connectivity index (χ1n) is 10.1. The van der Waals surface area contributed by atoms with Gasteiger partial charge < -0.3 is 14.6 Å². The van der Waals surface area contributed by atoms with Gasteiger partial charge in [0, 0.05) is 24.3 Å². The van der Waals surface area contributed by atoms with Crippen LogP contribution in [-0.2, 0) is 19.1 Å². The highest BCUT2D eigenvalue weighted by Crippen LogP contribution is 2.55. The SMILES string of the molecule is CC(=O)OCC(CCC=C(C)C)C1C2=C(C(=O)OC2)[C@@H]2C[C@@H]2[C@@H](C)C[C@@H]1O. The van der Waals surface area contributed by atoms with Crippen LogP contribution in [0, 0.1) is 29.6 Å². The van der Waals surface area contributed by atoms with Crippen molar-refractivity contribution in [2.45, 2.75) is 59.5 Å². The lowest BCUT2D eigenvalue weighted by Gasteiger charge is -2.34. The Morgan fingerprint density at radius 3 is 2.74 bits per heavy atom.